The first-order valence-corrected chi connectivity index (χ1v) is 10.3. The Labute approximate surface area is 159 Å². The summed E-state index contributed by atoms with van der Waals surface area (Å²) in [6.07, 6.45) is 7.95. The van der Waals surface area contributed by atoms with E-state index in [4.69, 9.17) is 0 Å². The van der Waals surface area contributed by atoms with E-state index in [1.54, 1.807) is 12.4 Å². The van der Waals surface area contributed by atoms with E-state index < -0.39 is 0 Å². The monoisotopic (exact) mass is 373 g/mol. The summed E-state index contributed by atoms with van der Waals surface area (Å²) >= 11 is 1.47. The molecule has 2 heterocycles. The number of hydrogen-bond acceptors (Lipinski definition) is 5. The van der Waals surface area contributed by atoms with Crippen LogP contribution in [0.3, 0.4) is 0 Å². The smallest absolute Gasteiger partial charge is 0.230 e. The van der Waals surface area contributed by atoms with Gasteiger partial charge in [-0.3, -0.25) is 14.3 Å². The van der Waals surface area contributed by atoms with Gasteiger partial charge in [0.25, 0.3) is 0 Å². The Morgan fingerprint density at radius 1 is 1.23 bits per heavy atom. The molecule has 1 saturated carbocycles. The van der Waals surface area contributed by atoms with E-state index in [2.05, 4.69) is 45.8 Å². The minimum absolute atomic E-state index is 0.0575. The Hall–Kier alpha value is -1.89. The molecule has 26 heavy (non-hydrogen) atoms. The van der Waals surface area contributed by atoms with Crippen LogP contribution in [0.5, 0.6) is 0 Å². The van der Waals surface area contributed by atoms with Crippen LogP contribution in [0.25, 0.3) is 11.4 Å². The summed E-state index contributed by atoms with van der Waals surface area (Å²) in [6.45, 7) is 6.48. The lowest BCUT2D eigenvalue weighted by Crippen LogP contribution is -2.34. The molecule has 7 heteroatoms. The number of carbonyl (C=O) groups is 1. The Kier molecular flexibility index (Phi) is 6.29. The minimum atomic E-state index is 0.0575. The number of rotatable bonds is 9. The van der Waals surface area contributed by atoms with Crippen molar-refractivity contribution in [2.45, 2.75) is 63.7 Å². The summed E-state index contributed by atoms with van der Waals surface area (Å²) in [5, 5.41) is 12.6. The Morgan fingerprint density at radius 2 is 1.96 bits per heavy atom. The number of hydrogen-bond donors (Lipinski definition) is 1. The maximum Gasteiger partial charge on any atom is 0.230 e. The third kappa shape index (κ3) is 5.06. The van der Waals surface area contributed by atoms with E-state index in [0.717, 1.165) is 42.2 Å². The van der Waals surface area contributed by atoms with Gasteiger partial charge < -0.3 is 5.32 Å². The zero-order valence-corrected chi connectivity index (χ0v) is 16.5. The molecular weight excluding hydrogens is 346 g/mol. The molecule has 1 aliphatic carbocycles. The fourth-order valence-electron chi connectivity index (χ4n) is 2.84. The van der Waals surface area contributed by atoms with Gasteiger partial charge in [0.05, 0.1) is 5.75 Å². The second-order valence-corrected chi connectivity index (χ2v) is 8.31. The molecule has 1 N–H and O–H groups in total. The van der Waals surface area contributed by atoms with E-state index in [9.17, 15) is 4.79 Å². The average molecular weight is 374 g/mol. The molecule has 0 bridgehead atoms. The summed E-state index contributed by atoms with van der Waals surface area (Å²) in [7, 11) is 0. The predicted molar refractivity (Wildman–Crippen MR) is 104 cm³/mol. The molecule has 1 atom stereocenters. The number of nitrogens with zero attached hydrogens (tertiary/aromatic N) is 4. The number of carbonyl (C=O) groups excluding carboxylic acids is 1. The normalized spacial score (nSPS) is 15.2. The van der Waals surface area contributed by atoms with E-state index in [1.807, 2.05) is 12.1 Å². The van der Waals surface area contributed by atoms with Crippen LogP contribution in [0.1, 0.15) is 52.5 Å². The zero-order chi connectivity index (χ0) is 18.5. The summed E-state index contributed by atoms with van der Waals surface area (Å²) in [5.74, 6) is 1.95. The number of pyridine rings is 1. The number of nitrogens with one attached hydrogen (secondary N) is 1. The summed E-state index contributed by atoms with van der Waals surface area (Å²) < 4.78 is 2.18. The van der Waals surface area contributed by atoms with Crippen molar-refractivity contribution >= 4 is 17.7 Å². The number of thioether (sulfide) groups is 1. The second-order valence-electron chi connectivity index (χ2n) is 7.37. The van der Waals surface area contributed by atoms with Crippen molar-refractivity contribution in [2.24, 2.45) is 5.92 Å². The quantitative estimate of drug-likeness (QED) is 0.678. The second kappa shape index (κ2) is 8.66. The molecule has 0 radical (unpaired) electrons. The fourth-order valence-corrected chi connectivity index (χ4v) is 3.65. The average Bonchev–Trinajstić information content (AvgIpc) is 3.38. The van der Waals surface area contributed by atoms with Crippen LogP contribution >= 0.6 is 11.8 Å². The molecule has 6 nitrogen and oxygen atoms in total. The van der Waals surface area contributed by atoms with Crippen LogP contribution in [0.15, 0.2) is 29.7 Å². The summed E-state index contributed by atoms with van der Waals surface area (Å²) in [4.78, 5) is 16.3. The summed E-state index contributed by atoms with van der Waals surface area (Å²) in [6, 6.07) is 4.55. The minimum Gasteiger partial charge on any atom is -0.353 e. The van der Waals surface area contributed by atoms with Crippen molar-refractivity contribution in [3.63, 3.8) is 0 Å². The third-order valence-electron chi connectivity index (χ3n) is 4.43. The molecule has 0 unspecified atom stereocenters. The zero-order valence-electron chi connectivity index (χ0n) is 15.7. The van der Waals surface area contributed by atoms with Gasteiger partial charge in [0, 0.05) is 30.0 Å². The largest absolute Gasteiger partial charge is 0.353 e. The maximum atomic E-state index is 12.2. The molecule has 0 aliphatic heterocycles. The predicted octanol–water partition coefficient (Wildman–Crippen LogP) is 3.71. The highest BCUT2D eigenvalue weighted by Gasteiger charge is 2.30. The van der Waals surface area contributed by atoms with Crippen LogP contribution in [0, 0.1) is 5.92 Å². The van der Waals surface area contributed by atoms with E-state index in [1.165, 1.54) is 11.8 Å². The van der Waals surface area contributed by atoms with Crippen molar-refractivity contribution in [2.75, 3.05) is 5.75 Å². The molecule has 1 amide bonds. The topological polar surface area (TPSA) is 72.7 Å². The van der Waals surface area contributed by atoms with Crippen LogP contribution in [-0.2, 0) is 4.79 Å². The molecule has 1 fully saturated rings. The van der Waals surface area contributed by atoms with Crippen molar-refractivity contribution < 1.29 is 4.79 Å². The first-order chi connectivity index (χ1) is 12.5. The van der Waals surface area contributed by atoms with Gasteiger partial charge in [-0.15, -0.1) is 10.2 Å². The Bertz CT molecular complexity index is 727. The van der Waals surface area contributed by atoms with Crippen molar-refractivity contribution in [3.8, 4) is 11.4 Å². The van der Waals surface area contributed by atoms with Gasteiger partial charge in [-0.2, -0.15) is 0 Å². The van der Waals surface area contributed by atoms with Gasteiger partial charge in [0.2, 0.25) is 5.91 Å². The molecule has 140 valence electrons. The van der Waals surface area contributed by atoms with Gasteiger partial charge in [-0.1, -0.05) is 25.6 Å². The molecule has 0 saturated heterocycles. The molecule has 3 rings (SSSR count). The Morgan fingerprint density at radius 3 is 2.62 bits per heavy atom. The van der Waals surface area contributed by atoms with Crippen LogP contribution in [0.2, 0.25) is 0 Å². The van der Waals surface area contributed by atoms with Crippen LogP contribution in [0.4, 0.5) is 0 Å². The summed E-state index contributed by atoms with van der Waals surface area (Å²) in [5.41, 5.74) is 1.01. The highest BCUT2D eigenvalue weighted by atomic mass is 32.2. The van der Waals surface area contributed by atoms with Gasteiger partial charge in [-0.25, -0.2) is 0 Å². The number of aromatic nitrogens is 4. The highest BCUT2D eigenvalue weighted by Crippen LogP contribution is 2.40. The van der Waals surface area contributed by atoms with Gasteiger partial charge in [0.15, 0.2) is 11.0 Å². The number of amides is 1. The molecule has 1 aliphatic rings. The maximum absolute atomic E-state index is 12.2. The van der Waals surface area contributed by atoms with E-state index >= 15 is 0 Å². The van der Waals surface area contributed by atoms with Crippen molar-refractivity contribution in [1.82, 2.24) is 25.1 Å². The lowest BCUT2D eigenvalue weighted by Gasteiger charge is -2.15. The first kappa shape index (κ1) is 18.9. The van der Waals surface area contributed by atoms with E-state index in [0.29, 0.717) is 17.7 Å². The van der Waals surface area contributed by atoms with Crippen molar-refractivity contribution in [3.05, 3.63) is 24.5 Å². The van der Waals surface area contributed by atoms with Gasteiger partial charge in [-0.05, 0) is 50.7 Å². The third-order valence-corrected chi connectivity index (χ3v) is 5.37. The SMILES string of the molecule is CC(C)CC[C@@H](C)NC(=O)CSc1nnc(-c2ccncc2)n1C1CC1. The van der Waals surface area contributed by atoms with Gasteiger partial charge in [0.1, 0.15) is 0 Å². The van der Waals surface area contributed by atoms with Crippen LogP contribution in [-0.4, -0.2) is 37.5 Å². The van der Waals surface area contributed by atoms with Crippen molar-refractivity contribution in [1.29, 1.82) is 0 Å². The standard InChI is InChI=1S/C19H27N5OS/c1-13(2)4-5-14(3)21-17(25)12-26-19-23-22-18(24(19)16-6-7-16)15-8-10-20-11-9-15/h8-11,13-14,16H,4-7,12H2,1-3H3,(H,21,25)/t14-/m1/s1. The van der Waals surface area contributed by atoms with Crippen LogP contribution < -0.4 is 5.32 Å². The molecule has 0 spiro atoms. The Balaban J connectivity index is 1.60. The fraction of sp³-hybridized carbons (Fsp3) is 0.579. The van der Waals surface area contributed by atoms with E-state index in [-0.39, 0.29) is 11.9 Å². The molecule has 2 aromatic rings. The molecular formula is C19H27N5OS. The first-order valence-electron chi connectivity index (χ1n) is 9.32. The lowest BCUT2D eigenvalue weighted by atomic mass is 10.0. The molecule has 2 aromatic heterocycles. The lowest BCUT2D eigenvalue weighted by molar-refractivity contribution is -0.119. The molecule has 0 aromatic carbocycles. The van der Waals surface area contributed by atoms with Gasteiger partial charge >= 0.3 is 0 Å². The highest BCUT2D eigenvalue weighted by molar-refractivity contribution is 7.99.